The van der Waals surface area contributed by atoms with Gasteiger partial charge in [-0.15, -0.1) is 0 Å². The van der Waals surface area contributed by atoms with Crippen LogP contribution in [0.25, 0.3) is 0 Å². The van der Waals surface area contributed by atoms with Crippen molar-refractivity contribution in [2.45, 2.75) is 37.3 Å². The van der Waals surface area contributed by atoms with Crippen molar-refractivity contribution in [3.05, 3.63) is 0 Å². The van der Waals surface area contributed by atoms with Crippen LogP contribution in [-0.2, 0) is 14.2 Å². The van der Waals surface area contributed by atoms with Crippen LogP contribution >= 0.6 is 0 Å². The van der Waals surface area contributed by atoms with Gasteiger partial charge in [0.25, 0.3) is 0 Å². The number of morpholine rings is 1. The van der Waals surface area contributed by atoms with Gasteiger partial charge in [0.05, 0.1) is 19.8 Å². The molecular formula is C15H26N2O4. The highest BCUT2D eigenvalue weighted by Crippen LogP contribution is 2.42. The standard InChI is InChI=1S/C15H26N2O4/c1-19-12-15-4-2-6-17(15)13(3-5-15)11-21-14(18)16-7-9-20-10-8-16/h13H,2-12H2,1H3/t13-,15-/m1/s1. The van der Waals surface area contributed by atoms with Crippen LogP contribution in [0.1, 0.15) is 25.7 Å². The number of hydrogen-bond acceptors (Lipinski definition) is 5. The zero-order chi connectivity index (χ0) is 14.7. The normalized spacial score (nSPS) is 33.2. The molecule has 0 aromatic heterocycles. The maximum absolute atomic E-state index is 12.1. The Balaban J connectivity index is 1.50. The molecule has 3 heterocycles. The monoisotopic (exact) mass is 298 g/mol. The van der Waals surface area contributed by atoms with E-state index >= 15 is 0 Å². The van der Waals surface area contributed by atoms with Crippen LogP contribution in [-0.4, -0.2) is 80.6 Å². The topological polar surface area (TPSA) is 51.2 Å². The van der Waals surface area contributed by atoms with Crippen molar-refractivity contribution in [1.82, 2.24) is 9.80 Å². The van der Waals surface area contributed by atoms with Crippen molar-refractivity contribution in [2.24, 2.45) is 0 Å². The number of methoxy groups -OCH3 is 1. The third-order valence-electron chi connectivity index (χ3n) is 5.12. The number of rotatable bonds is 4. The first-order valence-electron chi connectivity index (χ1n) is 8.00. The van der Waals surface area contributed by atoms with E-state index in [0.29, 0.717) is 39.0 Å². The van der Waals surface area contributed by atoms with Crippen molar-refractivity contribution < 1.29 is 19.0 Å². The number of fused-ring (bicyclic) bond motifs is 1. The molecule has 0 aromatic carbocycles. The first-order valence-corrected chi connectivity index (χ1v) is 8.00. The maximum Gasteiger partial charge on any atom is 0.409 e. The number of carbonyl (C=O) groups is 1. The fraction of sp³-hybridized carbons (Fsp3) is 0.933. The van der Waals surface area contributed by atoms with Gasteiger partial charge in [0.15, 0.2) is 0 Å². The number of ether oxygens (including phenoxy) is 3. The molecule has 0 unspecified atom stereocenters. The smallest absolute Gasteiger partial charge is 0.409 e. The van der Waals surface area contributed by atoms with E-state index in [0.717, 1.165) is 26.0 Å². The summed E-state index contributed by atoms with van der Waals surface area (Å²) >= 11 is 0. The molecule has 21 heavy (non-hydrogen) atoms. The Labute approximate surface area is 126 Å². The van der Waals surface area contributed by atoms with Gasteiger partial charge in [-0.1, -0.05) is 0 Å². The average Bonchev–Trinajstić information content (AvgIpc) is 3.05. The van der Waals surface area contributed by atoms with Crippen molar-refractivity contribution in [2.75, 3.05) is 53.2 Å². The van der Waals surface area contributed by atoms with E-state index in [1.54, 1.807) is 12.0 Å². The summed E-state index contributed by atoms with van der Waals surface area (Å²) in [5.74, 6) is 0. The highest BCUT2D eigenvalue weighted by atomic mass is 16.6. The molecule has 0 bridgehead atoms. The molecule has 120 valence electrons. The van der Waals surface area contributed by atoms with Crippen LogP contribution in [0, 0.1) is 0 Å². The van der Waals surface area contributed by atoms with Gasteiger partial charge < -0.3 is 19.1 Å². The summed E-state index contributed by atoms with van der Waals surface area (Å²) in [6, 6.07) is 0.354. The summed E-state index contributed by atoms with van der Waals surface area (Å²) in [4.78, 5) is 16.3. The molecule has 3 saturated heterocycles. The molecule has 3 aliphatic heterocycles. The average molecular weight is 298 g/mol. The Morgan fingerprint density at radius 2 is 2.10 bits per heavy atom. The molecule has 0 saturated carbocycles. The Morgan fingerprint density at radius 3 is 2.86 bits per heavy atom. The van der Waals surface area contributed by atoms with Crippen LogP contribution in [0.3, 0.4) is 0 Å². The molecule has 0 spiro atoms. The lowest BCUT2D eigenvalue weighted by Gasteiger charge is -2.34. The molecule has 0 N–H and O–H groups in total. The first kappa shape index (κ1) is 15.1. The predicted molar refractivity (Wildman–Crippen MR) is 77.3 cm³/mol. The maximum atomic E-state index is 12.1. The lowest BCUT2D eigenvalue weighted by Crippen LogP contribution is -2.48. The molecule has 0 radical (unpaired) electrons. The highest BCUT2D eigenvalue weighted by molar-refractivity contribution is 5.67. The molecule has 1 amide bonds. The lowest BCUT2D eigenvalue weighted by atomic mass is 9.95. The minimum Gasteiger partial charge on any atom is -0.448 e. The molecule has 6 heteroatoms. The fourth-order valence-electron chi connectivity index (χ4n) is 4.06. The van der Waals surface area contributed by atoms with Crippen LogP contribution < -0.4 is 0 Å². The van der Waals surface area contributed by atoms with Crippen LogP contribution in [0.15, 0.2) is 0 Å². The van der Waals surface area contributed by atoms with Gasteiger partial charge in [-0.05, 0) is 32.2 Å². The van der Waals surface area contributed by atoms with E-state index in [1.165, 1.54) is 12.8 Å². The largest absolute Gasteiger partial charge is 0.448 e. The van der Waals surface area contributed by atoms with Gasteiger partial charge in [0.2, 0.25) is 0 Å². The van der Waals surface area contributed by atoms with Crippen molar-refractivity contribution in [3.63, 3.8) is 0 Å². The van der Waals surface area contributed by atoms with Crippen molar-refractivity contribution in [1.29, 1.82) is 0 Å². The lowest BCUT2D eigenvalue weighted by molar-refractivity contribution is 0.00904. The van der Waals surface area contributed by atoms with E-state index in [-0.39, 0.29) is 11.6 Å². The fourth-order valence-corrected chi connectivity index (χ4v) is 4.06. The van der Waals surface area contributed by atoms with Gasteiger partial charge >= 0.3 is 6.09 Å². The second-order valence-electron chi connectivity index (χ2n) is 6.32. The molecule has 6 nitrogen and oxygen atoms in total. The predicted octanol–water partition coefficient (Wildman–Crippen LogP) is 1.10. The van der Waals surface area contributed by atoms with E-state index in [2.05, 4.69) is 4.90 Å². The highest BCUT2D eigenvalue weighted by Gasteiger charge is 2.49. The van der Waals surface area contributed by atoms with E-state index in [1.807, 2.05) is 0 Å². The zero-order valence-electron chi connectivity index (χ0n) is 12.9. The zero-order valence-corrected chi connectivity index (χ0v) is 12.9. The Morgan fingerprint density at radius 1 is 1.29 bits per heavy atom. The Bertz CT molecular complexity index is 373. The summed E-state index contributed by atoms with van der Waals surface area (Å²) in [6.45, 7) is 4.90. The summed E-state index contributed by atoms with van der Waals surface area (Å²) in [5.41, 5.74) is 0.199. The minimum atomic E-state index is -0.193. The molecule has 2 atom stereocenters. The quantitative estimate of drug-likeness (QED) is 0.778. The van der Waals surface area contributed by atoms with Gasteiger partial charge in [0.1, 0.15) is 6.61 Å². The van der Waals surface area contributed by atoms with Gasteiger partial charge in [0, 0.05) is 31.8 Å². The van der Waals surface area contributed by atoms with E-state index in [9.17, 15) is 4.79 Å². The molecule has 0 aromatic rings. The molecule has 0 aliphatic carbocycles. The van der Waals surface area contributed by atoms with E-state index < -0.39 is 0 Å². The summed E-state index contributed by atoms with van der Waals surface area (Å²) in [7, 11) is 1.77. The van der Waals surface area contributed by atoms with Gasteiger partial charge in [-0.3, -0.25) is 4.90 Å². The van der Waals surface area contributed by atoms with Crippen LogP contribution in [0.5, 0.6) is 0 Å². The second-order valence-corrected chi connectivity index (χ2v) is 6.32. The van der Waals surface area contributed by atoms with Crippen LogP contribution in [0.4, 0.5) is 4.79 Å². The number of amides is 1. The molecular weight excluding hydrogens is 272 g/mol. The van der Waals surface area contributed by atoms with Crippen molar-refractivity contribution in [3.8, 4) is 0 Å². The van der Waals surface area contributed by atoms with E-state index in [4.69, 9.17) is 14.2 Å². The summed E-state index contributed by atoms with van der Waals surface area (Å²) < 4.78 is 16.2. The first-order chi connectivity index (χ1) is 10.2. The Kier molecular flexibility index (Phi) is 4.66. The van der Waals surface area contributed by atoms with Crippen LogP contribution in [0.2, 0.25) is 0 Å². The SMILES string of the molecule is COC[C@]12CCCN1[C@@H](COC(=O)N1CCOCC1)CC2. The number of carbonyl (C=O) groups excluding carboxylic acids is 1. The van der Waals surface area contributed by atoms with Gasteiger partial charge in [-0.25, -0.2) is 4.79 Å². The number of hydrogen-bond donors (Lipinski definition) is 0. The Hall–Kier alpha value is -0.850. The molecule has 3 fully saturated rings. The van der Waals surface area contributed by atoms with Gasteiger partial charge in [-0.2, -0.15) is 0 Å². The molecule has 3 rings (SSSR count). The summed E-state index contributed by atoms with van der Waals surface area (Å²) in [5, 5.41) is 0. The molecule has 3 aliphatic rings. The number of nitrogens with zero attached hydrogens (tertiary/aromatic N) is 2. The third-order valence-corrected chi connectivity index (χ3v) is 5.12. The second kappa shape index (κ2) is 6.50. The minimum absolute atomic E-state index is 0.193. The third kappa shape index (κ3) is 3.03. The summed E-state index contributed by atoms with van der Waals surface area (Å²) in [6.07, 6.45) is 4.48. The van der Waals surface area contributed by atoms with Crippen molar-refractivity contribution >= 4 is 6.09 Å².